The van der Waals surface area contributed by atoms with E-state index >= 15 is 0 Å². The molecular weight excluding hydrogens is 290 g/mol. The number of carboxylic acid groups (broad SMARTS) is 2. The van der Waals surface area contributed by atoms with E-state index in [1.807, 2.05) is 0 Å². The molecule has 22 heavy (non-hydrogen) atoms. The van der Waals surface area contributed by atoms with Gasteiger partial charge in [-0.1, -0.05) is 0 Å². The number of hydrogen-bond donors (Lipinski definition) is 2. The maximum atomic E-state index is 12.2. The molecule has 0 bridgehead atoms. The van der Waals surface area contributed by atoms with Gasteiger partial charge in [0, 0.05) is 0 Å². The van der Waals surface area contributed by atoms with Gasteiger partial charge in [-0.3, -0.25) is 14.2 Å². The summed E-state index contributed by atoms with van der Waals surface area (Å²) in [4.78, 5) is 34.1. The zero-order valence-corrected chi connectivity index (χ0v) is 11.6. The molecule has 0 saturated heterocycles. The lowest BCUT2D eigenvalue weighted by molar-refractivity contribution is -0.137. The van der Waals surface area contributed by atoms with Crippen LogP contribution < -0.4 is 10.3 Å². The van der Waals surface area contributed by atoms with E-state index in [1.54, 1.807) is 24.3 Å². The first kappa shape index (κ1) is 15.3. The molecule has 0 aliphatic carbocycles. The van der Waals surface area contributed by atoms with Crippen LogP contribution in [0.3, 0.4) is 0 Å². The van der Waals surface area contributed by atoms with Crippen molar-refractivity contribution in [3.05, 3.63) is 52.3 Å². The average molecular weight is 303 g/mol. The van der Waals surface area contributed by atoms with Gasteiger partial charge >= 0.3 is 11.9 Å². The molecule has 0 fully saturated rings. The van der Waals surface area contributed by atoms with Crippen LogP contribution in [0.1, 0.15) is 10.4 Å². The molecule has 0 amide bonds. The second kappa shape index (κ2) is 6.13. The number of methoxy groups -OCH3 is 1. The number of rotatable bonds is 5. The minimum Gasteiger partial charge on any atom is -0.497 e. The molecule has 0 aliphatic rings. The molecule has 1 aromatic carbocycles. The SMILES string of the molecule is COc1ccc(-c2ccc(C(=O)O)c(=O)n2CC(=O)O)cc1. The highest BCUT2D eigenvalue weighted by atomic mass is 16.5. The predicted octanol–water partition coefficient (Wildman–Crippen LogP) is 1.31. The number of aromatic carboxylic acids is 1. The van der Waals surface area contributed by atoms with E-state index in [0.717, 1.165) is 4.57 Å². The van der Waals surface area contributed by atoms with Crippen LogP contribution in [-0.2, 0) is 11.3 Å². The number of carboxylic acids is 2. The van der Waals surface area contributed by atoms with Crippen LogP contribution in [-0.4, -0.2) is 33.8 Å². The van der Waals surface area contributed by atoms with Gasteiger partial charge in [-0.05, 0) is 42.0 Å². The second-order valence-electron chi connectivity index (χ2n) is 4.45. The molecule has 2 N–H and O–H groups in total. The summed E-state index contributed by atoms with van der Waals surface area (Å²) in [6.45, 7) is -0.624. The second-order valence-corrected chi connectivity index (χ2v) is 4.45. The maximum absolute atomic E-state index is 12.2. The molecule has 7 nitrogen and oxygen atoms in total. The monoisotopic (exact) mass is 303 g/mol. The van der Waals surface area contributed by atoms with Crippen molar-refractivity contribution >= 4 is 11.9 Å². The maximum Gasteiger partial charge on any atom is 0.341 e. The van der Waals surface area contributed by atoms with Gasteiger partial charge in [0.25, 0.3) is 5.56 Å². The number of hydrogen-bond acceptors (Lipinski definition) is 4. The summed E-state index contributed by atoms with van der Waals surface area (Å²) < 4.78 is 5.96. The molecule has 0 radical (unpaired) electrons. The van der Waals surface area contributed by atoms with E-state index in [4.69, 9.17) is 14.9 Å². The Morgan fingerprint density at radius 1 is 1.09 bits per heavy atom. The first-order valence-corrected chi connectivity index (χ1v) is 6.27. The number of carbonyl (C=O) groups is 2. The molecule has 0 spiro atoms. The molecule has 2 aromatic rings. The Labute approximate surface area is 125 Å². The number of aromatic nitrogens is 1. The Morgan fingerprint density at radius 3 is 2.23 bits per heavy atom. The molecule has 0 unspecified atom stereocenters. The van der Waals surface area contributed by atoms with Crippen molar-refractivity contribution in [2.75, 3.05) is 7.11 Å². The quantitative estimate of drug-likeness (QED) is 0.862. The van der Waals surface area contributed by atoms with Crippen molar-refractivity contribution in [1.82, 2.24) is 4.57 Å². The minimum atomic E-state index is -1.40. The van der Waals surface area contributed by atoms with Crippen LogP contribution in [0, 0.1) is 0 Å². The molecule has 0 aliphatic heterocycles. The van der Waals surface area contributed by atoms with Crippen LogP contribution in [0.4, 0.5) is 0 Å². The summed E-state index contributed by atoms with van der Waals surface area (Å²) in [5.41, 5.74) is -0.433. The summed E-state index contributed by atoms with van der Waals surface area (Å²) in [6.07, 6.45) is 0. The van der Waals surface area contributed by atoms with E-state index in [2.05, 4.69) is 0 Å². The number of ether oxygens (including phenoxy) is 1. The van der Waals surface area contributed by atoms with Crippen LogP contribution in [0.15, 0.2) is 41.2 Å². The Balaban J connectivity index is 2.63. The smallest absolute Gasteiger partial charge is 0.341 e. The lowest BCUT2D eigenvalue weighted by Crippen LogP contribution is -2.30. The van der Waals surface area contributed by atoms with E-state index in [-0.39, 0.29) is 0 Å². The number of benzene rings is 1. The normalized spacial score (nSPS) is 10.2. The summed E-state index contributed by atoms with van der Waals surface area (Å²) in [5.74, 6) is -2.03. The van der Waals surface area contributed by atoms with E-state index in [0.29, 0.717) is 17.0 Å². The van der Waals surface area contributed by atoms with Crippen LogP contribution >= 0.6 is 0 Å². The van der Waals surface area contributed by atoms with Gasteiger partial charge in [0.05, 0.1) is 12.8 Å². The zero-order chi connectivity index (χ0) is 16.3. The highest BCUT2D eigenvalue weighted by Crippen LogP contribution is 2.21. The molecule has 0 saturated carbocycles. The summed E-state index contributed by atoms with van der Waals surface area (Å²) in [5, 5.41) is 17.9. The third kappa shape index (κ3) is 2.98. The van der Waals surface area contributed by atoms with Gasteiger partial charge in [-0.25, -0.2) is 4.79 Å². The fourth-order valence-electron chi connectivity index (χ4n) is 2.05. The summed E-state index contributed by atoms with van der Waals surface area (Å²) in [6, 6.07) is 9.23. The topological polar surface area (TPSA) is 106 Å². The van der Waals surface area contributed by atoms with E-state index in [9.17, 15) is 14.4 Å². The lowest BCUT2D eigenvalue weighted by Gasteiger charge is -2.12. The largest absolute Gasteiger partial charge is 0.497 e. The third-order valence-electron chi connectivity index (χ3n) is 3.08. The third-order valence-corrected chi connectivity index (χ3v) is 3.08. The Kier molecular flexibility index (Phi) is 4.26. The predicted molar refractivity (Wildman–Crippen MR) is 77.3 cm³/mol. The Bertz CT molecular complexity index is 776. The van der Waals surface area contributed by atoms with Gasteiger partial charge in [0.15, 0.2) is 0 Å². The van der Waals surface area contributed by atoms with E-state index < -0.39 is 29.6 Å². The molecular formula is C15H13NO6. The fraction of sp³-hybridized carbons (Fsp3) is 0.133. The van der Waals surface area contributed by atoms with Crippen molar-refractivity contribution in [3.8, 4) is 17.0 Å². The van der Waals surface area contributed by atoms with Crippen molar-refractivity contribution in [1.29, 1.82) is 0 Å². The lowest BCUT2D eigenvalue weighted by atomic mass is 10.1. The first-order valence-electron chi connectivity index (χ1n) is 6.27. The van der Waals surface area contributed by atoms with Gasteiger partial charge in [0.2, 0.25) is 0 Å². The van der Waals surface area contributed by atoms with Crippen LogP contribution in [0.5, 0.6) is 5.75 Å². The van der Waals surface area contributed by atoms with Gasteiger partial charge in [0.1, 0.15) is 17.9 Å². The first-order chi connectivity index (χ1) is 10.4. The average Bonchev–Trinajstić information content (AvgIpc) is 2.48. The van der Waals surface area contributed by atoms with Gasteiger partial charge in [-0.15, -0.1) is 0 Å². The molecule has 114 valence electrons. The minimum absolute atomic E-state index is 0.319. The molecule has 2 rings (SSSR count). The standard InChI is InChI=1S/C15H13NO6/c1-22-10-4-2-9(3-5-10)12-7-6-11(15(20)21)14(19)16(12)8-13(17)18/h2-7H,8H2,1H3,(H,17,18)(H,20,21). The highest BCUT2D eigenvalue weighted by Gasteiger charge is 2.16. The Hall–Kier alpha value is -3.09. The van der Waals surface area contributed by atoms with Gasteiger partial charge in [-0.2, -0.15) is 0 Å². The molecule has 7 heteroatoms. The number of nitrogens with zero attached hydrogens (tertiary/aromatic N) is 1. The van der Waals surface area contributed by atoms with E-state index in [1.165, 1.54) is 19.2 Å². The molecule has 1 heterocycles. The summed E-state index contributed by atoms with van der Waals surface area (Å²) in [7, 11) is 1.51. The molecule has 0 atom stereocenters. The number of pyridine rings is 1. The van der Waals surface area contributed by atoms with Crippen LogP contribution in [0.25, 0.3) is 11.3 Å². The summed E-state index contributed by atoms with van der Waals surface area (Å²) >= 11 is 0. The highest BCUT2D eigenvalue weighted by molar-refractivity contribution is 5.87. The molecule has 1 aromatic heterocycles. The van der Waals surface area contributed by atoms with Crippen molar-refractivity contribution in [2.24, 2.45) is 0 Å². The van der Waals surface area contributed by atoms with Gasteiger partial charge < -0.3 is 14.9 Å². The zero-order valence-electron chi connectivity index (χ0n) is 11.6. The van der Waals surface area contributed by atoms with Crippen molar-refractivity contribution < 1.29 is 24.5 Å². The Morgan fingerprint density at radius 2 is 1.73 bits per heavy atom. The number of aliphatic carboxylic acids is 1. The van der Waals surface area contributed by atoms with Crippen molar-refractivity contribution in [2.45, 2.75) is 6.54 Å². The van der Waals surface area contributed by atoms with Crippen molar-refractivity contribution in [3.63, 3.8) is 0 Å². The fourth-order valence-corrected chi connectivity index (χ4v) is 2.05. The van der Waals surface area contributed by atoms with Crippen LogP contribution in [0.2, 0.25) is 0 Å².